The van der Waals surface area contributed by atoms with Gasteiger partial charge in [-0.25, -0.2) is 4.79 Å². The highest BCUT2D eigenvalue weighted by atomic mass is 16.5. The third-order valence-electron chi connectivity index (χ3n) is 3.33. The summed E-state index contributed by atoms with van der Waals surface area (Å²) in [5.41, 5.74) is 2.47. The minimum Gasteiger partial charge on any atom is -0.480 e. The maximum absolute atomic E-state index is 11.4. The van der Waals surface area contributed by atoms with Gasteiger partial charge in [-0.1, -0.05) is 24.3 Å². The second-order valence-electron chi connectivity index (χ2n) is 4.55. The molecule has 1 aliphatic heterocycles. The Hall–Kier alpha value is -2.63. The van der Waals surface area contributed by atoms with Gasteiger partial charge >= 0.3 is 5.97 Å². The third-order valence-corrected chi connectivity index (χ3v) is 3.33. The molecule has 102 valence electrons. The molecule has 0 atom stereocenters. The summed E-state index contributed by atoms with van der Waals surface area (Å²) in [6.45, 7) is 1.27. The number of anilines is 1. The highest BCUT2D eigenvalue weighted by molar-refractivity contribution is 5.93. The summed E-state index contributed by atoms with van der Waals surface area (Å²) in [5.74, 6) is -0.471. The van der Waals surface area contributed by atoms with E-state index in [4.69, 9.17) is 4.74 Å². The molecule has 0 saturated carbocycles. The molecule has 2 aromatic rings. The number of benzene rings is 1. The zero-order chi connectivity index (χ0) is 14.1. The minimum absolute atomic E-state index is 0.102. The van der Waals surface area contributed by atoms with Crippen molar-refractivity contribution < 1.29 is 14.6 Å². The van der Waals surface area contributed by atoms with E-state index in [1.165, 1.54) is 24.3 Å². The Morgan fingerprint density at radius 1 is 1.25 bits per heavy atom. The third kappa shape index (κ3) is 2.05. The number of fused-ring (bicyclic) bond motifs is 1. The summed E-state index contributed by atoms with van der Waals surface area (Å²) >= 11 is 0. The van der Waals surface area contributed by atoms with E-state index in [1.54, 1.807) is 0 Å². The molecular weight excluding hydrogens is 258 g/mol. The number of rotatable bonds is 3. The van der Waals surface area contributed by atoms with Gasteiger partial charge in [0.05, 0.1) is 7.11 Å². The smallest absolute Gasteiger partial charge is 0.339 e. The number of carbonyl (C=O) groups is 1. The number of methoxy groups -OCH3 is 1. The first kappa shape index (κ1) is 12.4. The van der Waals surface area contributed by atoms with Gasteiger partial charge in [0.2, 0.25) is 5.88 Å². The van der Waals surface area contributed by atoms with Crippen LogP contribution in [0.4, 0.5) is 5.82 Å². The van der Waals surface area contributed by atoms with Crippen molar-refractivity contribution in [3.05, 3.63) is 47.0 Å². The summed E-state index contributed by atoms with van der Waals surface area (Å²) in [4.78, 5) is 13.3. The number of carboxylic acid groups (broad SMARTS) is 1. The molecule has 6 nitrogen and oxygen atoms in total. The second kappa shape index (κ2) is 4.80. The average Bonchev–Trinajstić information content (AvgIpc) is 2.90. The van der Waals surface area contributed by atoms with E-state index in [-0.39, 0.29) is 11.4 Å². The molecule has 0 spiro atoms. The van der Waals surface area contributed by atoms with Gasteiger partial charge in [0.1, 0.15) is 5.56 Å². The van der Waals surface area contributed by atoms with Gasteiger partial charge in [0, 0.05) is 19.2 Å². The zero-order valence-electron chi connectivity index (χ0n) is 10.9. The lowest BCUT2D eigenvalue weighted by atomic mass is 10.1. The quantitative estimate of drug-likeness (QED) is 0.915. The number of aromatic nitrogens is 2. The van der Waals surface area contributed by atoms with Crippen molar-refractivity contribution in [3.8, 4) is 5.88 Å². The molecule has 3 rings (SSSR count). The number of ether oxygens (including phenoxy) is 1. The van der Waals surface area contributed by atoms with Crippen molar-refractivity contribution in [1.29, 1.82) is 0 Å². The van der Waals surface area contributed by atoms with Crippen molar-refractivity contribution >= 4 is 11.8 Å². The number of hydrogen-bond acceptors (Lipinski definition) is 5. The van der Waals surface area contributed by atoms with Crippen molar-refractivity contribution in [2.24, 2.45) is 0 Å². The van der Waals surface area contributed by atoms with Crippen LogP contribution in [0, 0.1) is 0 Å². The molecule has 1 aromatic carbocycles. The monoisotopic (exact) mass is 271 g/mol. The average molecular weight is 271 g/mol. The SMILES string of the molecule is COc1cc(C(=O)O)c(N2Cc3ccccc3C2)nn1. The fraction of sp³-hybridized carbons (Fsp3) is 0.214. The van der Waals surface area contributed by atoms with E-state index in [2.05, 4.69) is 10.2 Å². The minimum atomic E-state index is -1.04. The summed E-state index contributed by atoms with van der Waals surface area (Å²) < 4.78 is 4.93. The lowest BCUT2D eigenvalue weighted by Gasteiger charge is -2.18. The molecule has 2 heterocycles. The zero-order valence-corrected chi connectivity index (χ0v) is 10.9. The molecule has 0 amide bonds. The molecule has 1 N–H and O–H groups in total. The van der Waals surface area contributed by atoms with Gasteiger partial charge in [-0.2, -0.15) is 0 Å². The summed E-state index contributed by atoms with van der Waals surface area (Å²) in [7, 11) is 1.43. The van der Waals surface area contributed by atoms with Crippen LogP contribution in [0.1, 0.15) is 21.5 Å². The summed E-state index contributed by atoms with van der Waals surface area (Å²) in [5, 5.41) is 17.2. The normalized spacial score (nSPS) is 13.2. The Bertz CT molecular complexity index is 647. The molecule has 0 saturated heterocycles. The fourth-order valence-electron chi connectivity index (χ4n) is 2.34. The first-order valence-electron chi connectivity index (χ1n) is 6.16. The topological polar surface area (TPSA) is 75.6 Å². The van der Waals surface area contributed by atoms with E-state index in [0.29, 0.717) is 18.9 Å². The molecule has 0 fully saturated rings. The lowest BCUT2D eigenvalue weighted by Crippen LogP contribution is -2.20. The molecule has 1 aromatic heterocycles. The fourth-order valence-corrected chi connectivity index (χ4v) is 2.34. The van der Waals surface area contributed by atoms with Crippen LogP contribution in [0.5, 0.6) is 5.88 Å². The van der Waals surface area contributed by atoms with E-state index >= 15 is 0 Å². The number of carboxylic acids is 1. The van der Waals surface area contributed by atoms with Crippen molar-refractivity contribution in [2.45, 2.75) is 13.1 Å². The largest absolute Gasteiger partial charge is 0.480 e. The Morgan fingerprint density at radius 3 is 2.45 bits per heavy atom. The van der Waals surface area contributed by atoms with Crippen LogP contribution in [-0.4, -0.2) is 28.4 Å². The Balaban J connectivity index is 1.98. The van der Waals surface area contributed by atoms with Gasteiger partial charge in [-0.3, -0.25) is 0 Å². The van der Waals surface area contributed by atoms with Crippen molar-refractivity contribution in [1.82, 2.24) is 10.2 Å². The number of nitrogens with zero attached hydrogens (tertiary/aromatic N) is 3. The van der Waals surface area contributed by atoms with Crippen LogP contribution in [-0.2, 0) is 13.1 Å². The molecule has 0 unspecified atom stereocenters. The van der Waals surface area contributed by atoms with Gasteiger partial charge in [0.15, 0.2) is 5.82 Å². The van der Waals surface area contributed by atoms with E-state index in [0.717, 1.165) is 0 Å². The molecule has 0 bridgehead atoms. The first-order chi connectivity index (χ1) is 9.69. The molecule has 0 radical (unpaired) electrons. The maximum Gasteiger partial charge on any atom is 0.339 e. The van der Waals surface area contributed by atoms with Crippen LogP contribution in [0.2, 0.25) is 0 Å². The first-order valence-corrected chi connectivity index (χ1v) is 6.16. The van der Waals surface area contributed by atoms with Crippen LogP contribution in [0.25, 0.3) is 0 Å². The van der Waals surface area contributed by atoms with E-state index < -0.39 is 5.97 Å². The van der Waals surface area contributed by atoms with Crippen molar-refractivity contribution in [2.75, 3.05) is 12.0 Å². The highest BCUT2D eigenvalue weighted by Gasteiger charge is 2.25. The van der Waals surface area contributed by atoms with Crippen molar-refractivity contribution in [3.63, 3.8) is 0 Å². The summed E-state index contributed by atoms with van der Waals surface area (Å²) in [6, 6.07) is 9.41. The van der Waals surface area contributed by atoms with Gasteiger partial charge in [-0.15, -0.1) is 10.2 Å². The molecule has 20 heavy (non-hydrogen) atoms. The summed E-state index contributed by atoms with van der Waals surface area (Å²) in [6.07, 6.45) is 0. The van der Waals surface area contributed by atoms with E-state index in [1.807, 2.05) is 29.2 Å². The van der Waals surface area contributed by atoms with E-state index in [9.17, 15) is 9.90 Å². The van der Waals surface area contributed by atoms with Crippen LogP contribution >= 0.6 is 0 Å². The molecule has 0 aliphatic carbocycles. The molecular formula is C14H13N3O3. The van der Waals surface area contributed by atoms with Crippen LogP contribution in [0.3, 0.4) is 0 Å². The molecule has 6 heteroatoms. The maximum atomic E-state index is 11.4. The second-order valence-corrected chi connectivity index (χ2v) is 4.55. The predicted octanol–water partition coefficient (Wildman–Crippen LogP) is 1.70. The standard InChI is InChI=1S/C14H13N3O3/c1-20-12-6-11(14(18)19)13(16-15-12)17-7-9-4-2-3-5-10(9)8-17/h2-6H,7-8H2,1H3,(H,18,19). The Kier molecular flexibility index (Phi) is 2.98. The molecule has 1 aliphatic rings. The van der Waals surface area contributed by atoms with Crippen LogP contribution in [0.15, 0.2) is 30.3 Å². The predicted molar refractivity (Wildman–Crippen MR) is 71.9 cm³/mol. The highest BCUT2D eigenvalue weighted by Crippen LogP contribution is 2.29. The van der Waals surface area contributed by atoms with Gasteiger partial charge in [-0.05, 0) is 11.1 Å². The van der Waals surface area contributed by atoms with Gasteiger partial charge < -0.3 is 14.7 Å². The Morgan fingerprint density at radius 2 is 1.90 bits per heavy atom. The number of hydrogen-bond donors (Lipinski definition) is 1. The lowest BCUT2D eigenvalue weighted by molar-refractivity contribution is 0.0696. The van der Waals surface area contributed by atoms with Gasteiger partial charge in [0.25, 0.3) is 0 Å². The number of aromatic carboxylic acids is 1. The Labute approximate surface area is 115 Å². The van der Waals surface area contributed by atoms with Crippen LogP contribution < -0.4 is 9.64 Å².